The summed E-state index contributed by atoms with van der Waals surface area (Å²) in [5.74, 6) is 0.596. The number of aromatic nitrogens is 2. The Morgan fingerprint density at radius 3 is 2.48 bits per heavy atom. The van der Waals surface area contributed by atoms with Crippen LogP contribution in [-0.4, -0.2) is 9.97 Å². The van der Waals surface area contributed by atoms with Crippen LogP contribution in [0, 0.1) is 0 Å². The molecule has 0 saturated heterocycles. The minimum absolute atomic E-state index is 0.397. The lowest BCUT2D eigenvalue weighted by atomic mass is 10.1. The van der Waals surface area contributed by atoms with Crippen LogP contribution in [0.25, 0.3) is 33.3 Å². The van der Waals surface area contributed by atoms with Crippen LogP contribution in [0.1, 0.15) is 0 Å². The molecule has 0 amide bonds. The van der Waals surface area contributed by atoms with Crippen molar-refractivity contribution in [2.24, 2.45) is 0 Å². The van der Waals surface area contributed by atoms with E-state index in [1.807, 2.05) is 48.5 Å². The number of hydrogen-bond acceptors (Lipinski definition) is 4. The largest absolute Gasteiger partial charge is 0.422 e. The second-order valence-corrected chi connectivity index (χ2v) is 4.71. The monoisotopic (exact) mass is 274 g/mol. The van der Waals surface area contributed by atoms with E-state index in [1.165, 1.54) is 6.20 Å². The first kappa shape index (κ1) is 11.8. The van der Waals surface area contributed by atoms with Crippen molar-refractivity contribution < 1.29 is 4.42 Å². The smallest absolute Gasteiger partial charge is 0.347 e. The molecule has 0 fully saturated rings. The summed E-state index contributed by atoms with van der Waals surface area (Å²) < 4.78 is 5.28. The van der Waals surface area contributed by atoms with Crippen LogP contribution >= 0.6 is 0 Å². The molecule has 0 unspecified atom stereocenters. The van der Waals surface area contributed by atoms with E-state index in [0.29, 0.717) is 22.3 Å². The van der Waals surface area contributed by atoms with Gasteiger partial charge in [0.1, 0.15) is 11.0 Å². The summed E-state index contributed by atoms with van der Waals surface area (Å²) in [7, 11) is 0. The topological polar surface area (TPSA) is 56.0 Å². The third-order valence-corrected chi connectivity index (χ3v) is 3.39. The molecule has 0 atom stereocenters. The van der Waals surface area contributed by atoms with Gasteiger partial charge in [0.15, 0.2) is 5.82 Å². The second kappa shape index (κ2) is 4.52. The van der Waals surface area contributed by atoms with Gasteiger partial charge in [-0.1, -0.05) is 42.5 Å². The Balaban J connectivity index is 2.11. The van der Waals surface area contributed by atoms with Crippen molar-refractivity contribution in [3.05, 3.63) is 71.2 Å². The van der Waals surface area contributed by atoms with Gasteiger partial charge in [-0.2, -0.15) is 0 Å². The first-order valence-corrected chi connectivity index (χ1v) is 6.57. The summed E-state index contributed by atoms with van der Waals surface area (Å²) in [6.45, 7) is 0. The van der Waals surface area contributed by atoms with Crippen LogP contribution in [0.3, 0.4) is 0 Å². The first-order valence-electron chi connectivity index (χ1n) is 6.57. The zero-order valence-corrected chi connectivity index (χ0v) is 11.0. The number of fused-ring (bicyclic) bond motifs is 3. The summed E-state index contributed by atoms with van der Waals surface area (Å²) in [6.07, 6.45) is 1.53. The van der Waals surface area contributed by atoms with Crippen molar-refractivity contribution in [1.82, 2.24) is 9.97 Å². The van der Waals surface area contributed by atoms with Crippen LogP contribution in [0.4, 0.5) is 0 Å². The van der Waals surface area contributed by atoms with Gasteiger partial charge in [-0.05, 0) is 12.1 Å². The van der Waals surface area contributed by atoms with E-state index >= 15 is 0 Å². The number of para-hydroxylation sites is 1. The molecule has 2 aromatic heterocycles. The molecule has 4 heteroatoms. The molecule has 0 saturated carbocycles. The molecule has 0 spiro atoms. The third kappa shape index (κ3) is 1.89. The fourth-order valence-corrected chi connectivity index (χ4v) is 2.37. The summed E-state index contributed by atoms with van der Waals surface area (Å²) in [6, 6.07) is 17.1. The molecular weight excluding hydrogens is 264 g/mol. The average Bonchev–Trinajstić information content (AvgIpc) is 2.55. The minimum Gasteiger partial charge on any atom is -0.422 e. The van der Waals surface area contributed by atoms with E-state index in [1.54, 1.807) is 6.07 Å². The quantitative estimate of drug-likeness (QED) is 0.394. The zero-order valence-electron chi connectivity index (χ0n) is 11.0. The van der Waals surface area contributed by atoms with Crippen molar-refractivity contribution in [2.45, 2.75) is 0 Å². The normalized spacial score (nSPS) is 11.0. The third-order valence-electron chi connectivity index (χ3n) is 3.39. The summed E-state index contributed by atoms with van der Waals surface area (Å²) in [4.78, 5) is 20.8. The highest BCUT2D eigenvalue weighted by Gasteiger charge is 2.10. The number of hydrogen-bond donors (Lipinski definition) is 0. The van der Waals surface area contributed by atoms with Gasteiger partial charge in [-0.15, -0.1) is 0 Å². The van der Waals surface area contributed by atoms with Crippen molar-refractivity contribution in [1.29, 1.82) is 0 Å². The van der Waals surface area contributed by atoms with Gasteiger partial charge < -0.3 is 4.42 Å². The lowest BCUT2D eigenvalue weighted by Gasteiger charge is -2.04. The maximum absolute atomic E-state index is 12.0. The van der Waals surface area contributed by atoms with E-state index in [9.17, 15) is 4.79 Å². The second-order valence-electron chi connectivity index (χ2n) is 4.71. The molecule has 2 heterocycles. The summed E-state index contributed by atoms with van der Waals surface area (Å²) in [5, 5.41) is 1.21. The average molecular weight is 274 g/mol. The van der Waals surface area contributed by atoms with Crippen LogP contribution in [0.2, 0.25) is 0 Å². The summed E-state index contributed by atoms with van der Waals surface area (Å²) >= 11 is 0. The first-order chi connectivity index (χ1) is 10.3. The summed E-state index contributed by atoms with van der Waals surface area (Å²) in [5.41, 5.74) is 1.66. The highest BCUT2D eigenvalue weighted by molar-refractivity contribution is 6.01. The molecule has 0 aliphatic carbocycles. The lowest BCUT2D eigenvalue weighted by molar-refractivity contribution is 0.569. The molecule has 0 aliphatic rings. The Hall–Kier alpha value is -3.01. The molecule has 100 valence electrons. The van der Waals surface area contributed by atoms with Gasteiger partial charge in [0.25, 0.3) is 0 Å². The molecule has 0 bridgehead atoms. The molecule has 4 aromatic rings. The Labute approximate surface area is 119 Å². The van der Waals surface area contributed by atoms with E-state index < -0.39 is 5.63 Å². The lowest BCUT2D eigenvalue weighted by Crippen LogP contribution is -2.03. The maximum Gasteiger partial charge on any atom is 0.347 e. The van der Waals surface area contributed by atoms with Gasteiger partial charge in [0, 0.05) is 17.1 Å². The van der Waals surface area contributed by atoms with Crippen molar-refractivity contribution in [2.75, 3.05) is 0 Å². The molecule has 2 aromatic carbocycles. The standard InChI is InChI=1S/C17H10N2O2/c20-17-13-10-18-16(11-6-2-1-3-7-11)19-15(13)12-8-4-5-9-14(12)21-17/h1-10H. The Kier molecular flexibility index (Phi) is 2.54. The number of benzene rings is 2. The predicted octanol–water partition coefficient (Wildman–Crippen LogP) is 3.40. The predicted molar refractivity (Wildman–Crippen MR) is 81.0 cm³/mol. The maximum atomic E-state index is 12.0. The van der Waals surface area contributed by atoms with Crippen molar-refractivity contribution in [3.8, 4) is 11.4 Å². The number of rotatable bonds is 1. The van der Waals surface area contributed by atoms with E-state index in [4.69, 9.17) is 4.42 Å². The molecular formula is C17H10N2O2. The van der Waals surface area contributed by atoms with Crippen LogP contribution in [0.5, 0.6) is 0 Å². The van der Waals surface area contributed by atoms with E-state index in [0.717, 1.165) is 10.9 Å². The molecule has 4 rings (SSSR count). The molecule has 21 heavy (non-hydrogen) atoms. The van der Waals surface area contributed by atoms with Gasteiger partial charge in [-0.3, -0.25) is 0 Å². The zero-order chi connectivity index (χ0) is 14.2. The molecule has 0 radical (unpaired) electrons. The molecule has 0 N–H and O–H groups in total. The fraction of sp³-hybridized carbons (Fsp3) is 0. The van der Waals surface area contributed by atoms with Crippen molar-refractivity contribution >= 4 is 21.9 Å². The Morgan fingerprint density at radius 2 is 1.62 bits per heavy atom. The minimum atomic E-state index is -0.414. The van der Waals surface area contributed by atoms with Gasteiger partial charge in [0.05, 0.1) is 5.52 Å². The fourth-order valence-electron chi connectivity index (χ4n) is 2.37. The Morgan fingerprint density at radius 1 is 0.857 bits per heavy atom. The van der Waals surface area contributed by atoms with Gasteiger partial charge >= 0.3 is 5.63 Å². The van der Waals surface area contributed by atoms with E-state index in [2.05, 4.69) is 9.97 Å². The highest BCUT2D eigenvalue weighted by atomic mass is 16.4. The van der Waals surface area contributed by atoms with Crippen LogP contribution in [-0.2, 0) is 0 Å². The number of nitrogens with zero attached hydrogens (tertiary/aromatic N) is 2. The Bertz CT molecular complexity index is 1010. The van der Waals surface area contributed by atoms with Crippen molar-refractivity contribution in [3.63, 3.8) is 0 Å². The van der Waals surface area contributed by atoms with Gasteiger partial charge in [-0.25, -0.2) is 14.8 Å². The van der Waals surface area contributed by atoms with E-state index in [-0.39, 0.29) is 0 Å². The molecule has 0 aliphatic heterocycles. The van der Waals surface area contributed by atoms with Crippen LogP contribution < -0.4 is 5.63 Å². The van der Waals surface area contributed by atoms with Gasteiger partial charge in [0.2, 0.25) is 0 Å². The molecule has 4 nitrogen and oxygen atoms in total. The SMILES string of the molecule is O=c1oc2ccccc2c2nc(-c3ccccc3)ncc12. The highest BCUT2D eigenvalue weighted by Crippen LogP contribution is 2.23. The van der Waals surface area contributed by atoms with Crippen LogP contribution in [0.15, 0.2) is 70.0 Å².